The lowest BCUT2D eigenvalue weighted by molar-refractivity contribution is 0.252. The topological polar surface area (TPSA) is 78.5 Å². The number of carbonyl (C=O) groups excluding carboxylic acids is 1. The highest BCUT2D eigenvalue weighted by Gasteiger charge is 2.28. The van der Waals surface area contributed by atoms with Crippen LogP contribution in [-0.2, 0) is 10.0 Å². The highest BCUT2D eigenvalue weighted by atomic mass is 32.2. The molecule has 2 aliphatic rings. The zero-order valence-electron chi connectivity index (χ0n) is 15.7. The first-order valence-corrected chi connectivity index (χ1v) is 11.3. The van der Waals surface area contributed by atoms with Gasteiger partial charge in [0.1, 0.15) is 4.90 Å². The third-order valence-electron chi connectivity index (χ3n) is 5.18. The van der Waals surface area contributed by atoms with Gasteiger partial charge in [-0.05, 0) is 57.1 Å². The average molecular weight is 392 g/mol. The van der Waals surface area contributed by atoms with Crippen LogP contribution >= 0.6 is 0 Å². The predicted molar refractivity (Wildman–Crippen MR) is 107 cm³/mol. The summed E-state index contributed by atoms with van der Waals surface area (Å²) in [5.74, 6) is 0. The molecule has 148 valence electrons. The molecule has 0 aromatic heterocycles. The van der Waals surface area contributed by atoms with Gasteiger partial charge in [0, 0.05) is 19.6 Å². The molecule has 1 fully saturated rings. The summed E-state index contributed by atoms with van der Waals surface area (Å²) in [6.07, 6.45) is 10.6. The number of rotatable bonds is 6. The van der Waals surface area contributed by atoms with Crippen molar-refractivity contribution in [2.45, 2.75) is 56.3 Å². The van der Waals surface area contributed by atoms with Crippen LogP contribution in [0, 0.1) is 0 Å². The molecule has 0 bridgehead atoms. The van der Waals surface area contributed by atoms with Gasteiger partial charge in [-0.15, -0.1) is 0 Å². The molecule has 0 unspecified atom stereocenters. The minimum atomic E-state index is -3.59. The van der Waals surface area contributed by atoms with Crippen molar-refractivity contribution >= 4 is 21.7 Å². The summed E-state index contributed by atoms with van der Waals surface area (Å²) < 4.78 is 27.4. The van der Waals surface area contributed by atoms with E-state index in [0.29, 0.717) is 25.3 Å². The first-order valence-electron chi connectivity index (χ1n) is 9.89. The van der Waals surface area contributed by atoms with Crippen molar-refractivity contribution in [3.05, 3.63) is 35.9 Å². The van der Waals surface area contributed by atoms with Crippen molar-refractivity contribution in [2.75, 3.05) is 25.0 Å². The van der Waals surface area contributed by atoms with Crippen molar-refractivity contribution in [1.82, 2.24) is 9.62 Å². The molecule has 1 saturated heterocycles. The van der Waals surface area contributed by atoms with Gasteiger partial charge in [0.05, 0.1) is 5.69 Å². The van der Waals surface area contributed by atoms with Crippen LogP contribution in [0.5, 0.6) is 0 Å². The van der Waals surface area contributed by atoms with E-state index in [9.17, 15) is 13.2 Å². The molecular formula is C20H29N3O3S. The molecule has 2 N–H and O–H groups in total. The van der Waals surface area contributed by atoms with E-state index in [2.05, 4.69) is 16.7 Å². The van der Waals surface area contributed by atoms with Gasteiger partial charge in [-0.1, -0.05) is 30.2 Å². The number of hydrogen-bond acceptors (Lipinski definition) is 3. The second kappa shape index (κ2) is 9.37. The first kappa shape index (κ1) is 19.9. The van der Waals surface area contributed by atoms with Crippen LogP contribution in [0.15, 0.2) is 40.8 Å². The third-order valence-corrected chi connectivity index (χ3v) is 7.14. The van der Waals surface area contributed by atoms with E-state index in [1.165, 1.54) is 22.7 Å². The summed E-state index contributed by atoms with van der Waals surface area (Å²) in [7, 11) is -3.59. The Morgan fingerprint density at radius 2 is 1.81 bits per heavy atom. The number of hydrogen-bond donors (Lipinski definition) is 2. The molecule has 7 heteroatoms. The lowest BCUT2D eigenvalue weighted by Gasteiger charge is -2.26. The molecule has 1 aliphatic carbocycles. The number of allylic oxidation sites excluding steroid dienone is 1. The molecule has 27 heavy (non-hydrogen) atoms. The fraction of sp³-hybridized carbons (Fsp3) is 0.550. The van der Waals surface area contributed by atoms with Crippen LogP contribution < -0.4 is 10.6 Å². The van der Waals surface area contributed by atoms with E-state index in [-0.39, 0.29) is 10.9 Å². The minimum Gasteiger partial charge on any atom is -0.338 e. The summed E-state index contributed by atoms with van der Waals surface area (Å²) in [5, 5.41) is 5.56. The van der Waals surface area contributed by atoms with E-state index >= 15 is 0 Å². The Balaban J connectivity index is 1.61. The second-order valence-electron chi connectivity index (χ2n) is 7.20. The lowest BCUT2D eigenvalue weighted by atomic mass is 9.97. The number of anilines is 1. The summed E-state index contributed by atoms with van der Waals surface area (Å²) in [4.78, 5) is 12.4. The Morgan fingerprint density at radius 3 is 2.56 bits per heavy atom. The fourth-order valence-electron chi connectivity index (χ4n) is 3.67. The standard InChI is InChI=1S/C20H29N3O3S/c24-20(21-14-13-17-9-3-1-4-10-17)22-18-11-5-6-12-19(18)27(25,26)23-15-7-2-8-16-23/h5-6,9,11-12H,1-4,7-8,10,13-16H2,(H2,21,22,24). The Hall–Kier alpha value is -1.86. The highest BCUT2D eigenvalue weighted by molar-refractivity contribution is 7.89. The number of carbonyl (C=O) groups is 1. The Kier molecular flexibility index (Phi) is 6.90. The van der Waals surface area contributed by atoms with Gasteiger partial charge in [-0.3, -0.25) is 0 Å². The van der Waals surface area contributed by atoms with Gasteiger partial charge in [-0.2, -0.15) is 4.31 Å². The van der Waals surface area contributed by atoms with Crippen molar-refractivity contribution in [1.29, 1.82) is 0 Å². The van der Waals surface area contributed by atoms with Crippen LogP contribution in [-0.4, -0.2) is 38.4 Å². The number of piperidine rings is 1. The predicted octanol–water partition coefficient (Wildman–Crippen LogP) is 3.87. The number of benzene rings is 1. The SMILES string of the molecule is O=C(NCCC1=CCCCC1)Nc1ccccc1S(=O)(=O)N1CCCCC1. The van der Waals surface area contributed by atoms with Gasteiger partial charge in [0.2, 0.25) is 10.0 Å². The third kappa shape index (κ3) is 5.32. The molecule has 6 nitrogen and oxygen atoms in total. The Bertz CT molecular complexity index is 783. The second-order valence-corrected chi connectivity index (χ2v) is 9.11. The largest absolute Gasteiger partial charge is 0.338 e. The van der Waals surface area contributed by atoms with Crippen LogP contribution in [0.2, 0.25) is 0 Å². The maximum atomic E-state index is 13.0. The van der Waals surface area contributed by atoms with Crippen LogP contribution in [0.25, 0.3) is 0 Å². The van der Waals surface area contributed by atoms with Gasteiger partial charge < -0.3 is 10.6 Å². The number of urea groups is 1. The molecule has 0 radical (unpaired) electrons. The van der Waals surface area contributed by atoms with E-state index in [1.807, 2.05) is 0 Å². The van der Waals surface area contributed by atoms with Gasteiger partial charge in [0.25, 0.3) is 0 Å². The fourth-order valence-corrected chi connectivity index (χ4v) is 5.34. The lowest BCUT2D eigenvalue weighted by Crippen LogP contribution is -2.36. The highest BCUT2D eigenvalue weighted by Crippen LogP contribution is 2.26. The van der Waals surface area contributed by atoms with E-state index in [0.717, 1.165) is 38.5 Å². The number of para-hydroxylation sites is 1. The normalized spacial score (nSPS) is 18.6. The molecule has 1 aromatic carbocycles. The Morgan fingerprint density at radius 1 is 1.04 bits per heavy atom. The molecule has 0 atom stereocenters. The van der Waals surface area contributed by atoms with Crippen molar-refractivity contribution in [2.24, 2.45) is 0 Å². The molecule has 0 saturated carbocycles. The maximum Gasteiger partial charge on any atom is 0.319 e. The molecular weight excluding hydrogens is 362 g/mol. The van der Waals surface area contributed by atoms with Gasteiger partial charge >= 0.3 is 6.03 Å². The van der Waals surface area contributed by atoms with Crippen molar-refractivity contribution < 1.29 is 13.2 Å². The molecule has 1 heterocycles. The smallest absolute Gasteiger partial charge is 0.319 e. The average Bonchev–Trinajstić information content (AvgIpc) is 2.70. The van der Waals surface area contributed by atoms with Crippen LogP contribution in [0.1, 0.15) is 51.4 Å². The minimum absolute atomic E-state index is 0.164. The molecule has 1 aliphatic heterocycles. The molecule has 1 aromatic rings. The summed E-state index contributed by atoms with van der Waals surface area (Å²) in [6, 6.07) is 6.26. The molecule has 3 rings (SSSR count). The number of nitrogens with zero attached hydrogens (tertiary/aromatic N) is 1. The summed E-state index contributed by atoms with van der Waals surface area (Å²) >= 11 is 0. The molecule has 2 amide bonds. The zero-order valence-corrected chi connectivity index (χ0v) is 16.6. The molecule has 0 spiro atoms. The first-order chi connectivity index (χ1) is 13.1. The van der Waals surface area contributed by atoms with Gasteiger partial charge in [0.15, 0.2) is 0 Å². The van der Waals surface area contributed by atoms with Crippen molar-refractivity contribution in [3.8, 4) is 0 Å². The zero-order chi connectivity index (χ0) is 19.1. The van der Waals surface area contributed by atoms with Crippen LogP contribution in [0.3, 0.4) is 0 Å². The van der Waals surface area contributed by atoms with E-state index in [1.54, 1.807) is 24.3 Å². The monoisotopic (exact) mass is 391 g/mol. The van der Waals surface area contributed by atoms with Crippen LogP contribution in [0.4, 0.5) is 10.5 Å². The van der Waals surface area contributed by atoms with Gasteiger partial charge in [-0.25, -0.2) is 13.2 Å². The maximum absolute atomic E-state index is 13.0. The van der Waals surface area contributed by atoms with Crippen molar-refractivity contribution in [3.63, 3.8) is 0 Å². The quantitative estimate of drug-likeness (QED) is 0.723. The summed E-state index contributed by atoms with van der Waals surface area (Å²) in [5.41, 5.74) is 1.73. The number of sulfonamides is 1. The van der Waals surface area contributed by atoms with E-state index < -0.39 is 10.0 Å². The number of nitrogens with one attached hydrogen (secondary N) is 2. The van der Waals surface area contributed by atoms with E-state index in [4.69, 9.17) is 0 Å². The summed E-state index contributed by atoms with van der Waals surface area (Å²) in [6.45, 7) is 1.63. The Labute approximate surface area is 162 Å². The number of amides is 2.